The molecule has 1 saturated carbocycles. The summed E-state index contributed by atoms with van der Waals surface area (Å²) in [4.78, 5) is 80.3. The van der Waals surface area contributed by atoms with Crippen molar-refractivity contribution in [3.63, 3.8) is 0 Å². The van der Waals surface area contributed by atoms with E-state index >= 15 is 0 Å². The average Bonchev–Trinajstić information content (AvgIpc) is 3.79. The van der Waals surface area contributed by atoms with Gasteiger partial charge in [-0.3, -0.25) is 28.9 Å². The average molecular weight is 798 g/mol. The molecule has 15 nitrogen and oxygen atoms in total. The first-order chi connectivity index (χ1) is 25.8. The number of aromatic nitrogens is 3. The number of aliphatic carboxylic acids is 1. The zero-order valence-corrected chi connectivity index (χ0v) is 32.6. The first-order valence-electron chi connectivity index (χ1n) is 18.2. The molecule has 6 atom stereocenters. The highest BCUT2D eigenvalue weighted by Crippen LogP contribution is 2.35. The molecule has 2 fully saturated rings. The SMILES string of the molecule is CC(=O)O[C@H](CC(C(C)C)N(C)C(=O)[C@H](CC1CC1)NC(=O)[C@H]1COCCN1C)c1nc(C(=O)N[C@@H](Cc2ncc(C(F)(F)F)cn2)C[C@H](C)C(=O)O)cs1. The Morgan fingerprint density at radius 1 is 1.11 bits per heavy atom. The van der Waals surface area contributed by atoms with Crippen molar-refractivity contribution in [2.75, 3.05) is 33.9 Å². The maximum atomic E-state index is 14.1. The van der Waals surface area contributed by atoms with Gasteiger partial charge in [-0.05, 0) is 31.7 Å². The van der Waals surface area contributed by atoms with Crippen LogP contribution in [0.25, 0.3) is 0 Å². The van der Waals surface area contributed by atoms with Crippen LogP contribution in [-0.2, 0) is 41.2 Å². The number of halogens is 3. The molecule has 3 N–H and O–H groups in total. The zero-order chi connectivity index (χ0) is 40.6. The van der Waals surface area contributed by atoms with Gasteiger partial charge in [-0.15, -0.1) is 11.3 Å². The van der Waals surface area contributed by atoms with Crippen molar-refractivity contribution in [2.24, 2.45) is 17.8 Å². The number of carboxylic acid groups (broad SMARTS) is 1. The topological polar surface area (TPSA) is 193 Å². The first-order valence-corrected chi connectivity index (χ1v) is 19.1. The number of esters is 1. The molecule has 2 aromatic rings. The summed E-state index contributed by atoms with van der Waals surface area (Å²) in [6, 6.07) is -2.66. The fraction of sp³-hybridized carbons (Fsp3) is 0.667. The number of thiazole rings is 1. The lowest BCUT2D eigenvalue weighted by Gasteiger charge is -2.37. The Bertz CT molecular complexity index is 1660. The van der Waals surface area contributed by atoms with Gasteiger partial charge in [-0.25, -0.2) is 15.0 Å². The van der Waals surface area contributed by atoms with E-state index in [4.69, 9.17) is 9.47 Å². The van der Waals surface area contributed by atoms with Crippen molar-refractivity contribution in [1.29, 1.82) is 0 Å². The fourth-order valence-electron chi connectivity index (χ4n) is 6.39. The van der Waals surface area contributed by atoms with Crippen molar-refractivity contribution in [3.8, 4) is 0 Å². The summed E-state index contributed by atoms with van der Waals surface area (Å²) in [5.74, 6) is -3.77. The number of morpholine rings is 1. The molecule has 3 amide bonds. The van der Waals surface area contributed by atoms with Crippen LogP contribution < -0.4 is 10.6 Å². The van der Waals surface area contributed by atoms with Gasteiger partial charge >= 0.3 is 18.1 Å². The van der Waals surface area contributed by atoms with E-state index in [9.17, 15) is 42.3 Å². The van der Waals surface area contributed by atoms with Gasteiger partial charge in [0.05, 0.1) is 24.7 Å². The zero-order valence-electron chi connectivity index (χ0n) is 31.8. The van der Waals surface area contributed by atoms with Crippen LogP contribution in [0.1, 0.15) is 92.8 Å². The number of likely N-dealkylation sites (N-methyl/N-ethyl adjacent to an activating group) is 2. The van der Waals surface area contributed by atoms with Gasteiger partial charge in [0.25, 0.3) is 5.91 Å². The van der Waals surface area contributed by atoms with Crippen molar-refractivity contribution in [1.82, 2.24) is 35.4 Å². The van der Waals surface area contributed by atoms with E-state index in [0.29, 0.717) is 37.9 Å². The standard InChI is InChI=1S/C36H50F3N7O8S/c1-19(2)27(46(6)34(50)25(12-22-7-8-22)43-32(49)28-17-53-10-9-45(28)5)14-29(54-21(4)47)33-44-26(18-55-33)31(48)42-24(11-20(3)35(51)52)13-30-40-15-23(16-41-30)36(37,38)39/h15-16,18-20,22,24-25,27-29H,7-14,17H2,1-6H3,(H,42,48)(H,43,49)(H,51,52)/t20-,24+,25-,27?,28+,29+/m0/s1. The number of alkyl halides is 3. The molecule has 304 valence electrons. The summed E-state index contributed by atoms with van der Waals surface area (Å²) in [5.41, 5.74) is -1.11. The van der Waals surface area contributed by atoms with Crippen molar-refractivity contribution >= 4 is 41.0 Å². The van der Waals surface area contributed by atoms with Gasteiger partial charge in [0, 0.05) is 63.2 Å². The normalized spacial score (nSPS) is 19.1. The maximum Gasteiger partial charge on any atom is 0.419 e. The Hall–Kier alpha value is -4.23. The van der Waals surface area contributed by atoms with E-state index in [-0.39, 0.29) is 60.1 Å². The monoisotopic (exact) mass is 797 g/mol. The van der Waals surface area contributed by atoms with Crippen molar-refractivity contribution in [2.45, 2.75) is 103 Å². The molecule has 0 radical (unpaired) electrons. The minimum absolute atomic E-state index is 0.0301. The predicted octanol–water partition coefficient (Wildman–Crippen LogP) is 3.50. The summed E-state index contributed by atoms with van der Waals surface area (Å²) < 4.78 is 50.3. The molecule has 0 aromatic carbocycles. The lowest BCUT2D eigenvalue weighted by Crippen LogP contribution is -2.58. The molecule has 1 saturated heterocycles. The molecule has 0 spiro atoms. The summed E-state index contributed by atoms with van der Waals surface area (Å²) >= 11 is 1.05. The number of hydrogen-bond donors (Lipinski definition) is 3. The number of ether oxygens (including phenoxy) is 2. The van der Waals surface area contributed by atoms with E-state index in [1.165, 1.54) is 19.2 Å². The van der Waals surface area contributed by atoms with E-state index in [0.717, 1.165) is 24.2 Å². The van der Waals surface area contributed by atoms with Crippen LogP contribution in [0.2, 0.25) is 0 Å². The summed E-state index contributed by atoms with van der Waals surface area (Å²) in [6.07, 6.45) is -2.04. The fourth-order valence-corrected chi connectivity index (χ4v) is 7.23. The second-order valence-corrected chi connectivity index (χ2v) is 15.6. The third-order valence-corrected chi connectivity index (χ3v) is 10.8. The summed E-state index contributed by atoms with van der Waals surface area (Å²) in [5, 5.41) is 16.9. The second kappa shape index (κ2) is 19.1. The molecule has 4 rings (SSSR count). The number of amides is 3. The largest absolute Gasteiger partial charge is 0.481 e. The molecule has 19 heteroatoms. The predicted molar refractivity (Wildman–Crippen MR) is 193 cm³/mol. The number of carbonyl (C=O) groups is 5. The number of nitrogens with zero attached hydrogens (tertiary/aromatic N) is 5. The number of carboxylic acids is 1. The molecule has 55 heavy (non-hydrogen) atoms. The Morgan fingerprint density at radius 2 is 1.78 bits per heavy atom. The van der Waals surface area contributed by atoms with E-state index in [1.54, 1.807) is 11.9 Å². The second-order valence-electron chi connectivity index (χ2n) is 14.7. The van der Waals surface area contributed by atoms with Crippen LogP contribution in [0.4, 0.5) is 13.2 Å². The molecular weight excluding hydrogens is 747 g/mol. The van der Waals surface area contributed by atoms with Crippen molar-refractivity contribution < 1.29 is 51.7 Å². The van der Waals surface area contributed by atoms with Gasteiger partial charge in [-0.2, -0.15) is 13.2 Å². The number of carbonyl (C=O) groups excluding carboxylic acids is 4. The quantitative estimate of drug-likeness (QED) is 0.186. The molecular formula is C36H50F3N7O8S. The van der Waals surface area contributed by atoms with Crippen LogP contribution >= 0.6 is 11.3 Å². The van der Waals surface area contributed by atoms with Crippen LogP contribution in [0.3, 0.4) is 0 Å². The van der Waals surface area contributed by atoms with Crippen LogP contribution in [0.5, 0.6) is 0 Å². The van der Waals surface area contributed by atoms with Crippen LogP contribution in [-0.4, -0.2) is 118 Å². The van der Waals surface area contributed by atoms with Crippen molar-refractivity contribution in [3.05, 3.63) is 39.9 Å². The Labute approximate surface area is 321 Å². The molecule has 1 aliphatic heterocycles. The Morgan fingerprint density at radius 3 is 2.35 bits per heavy atom. The molecule has 2 aliphatic rings. The minimum atomic E-state index is -4.64. The highest BCUT2D eigenvalue weighted by molar-refractivity contribution is 7.09. The smallest absolute Gasteiger partial charge is 0.419 e. The Kier molecular flexibility index (Phi) is 15.1. The number of nitrogens with one attached hydrogen (secondary N) is 2. The number of hydrogen-bond acceptors (Lipinski definition) is 12. The number of rotatable bonds is 18. The van der Waals surface area contributed by atoms with Gasteiger partial charge in [0.1, 0.15) is 28.6 Å². The van der Waals surface area contributed by atoms with E-state index in [1.807, 2.05) is 25.8 Å². The third-order valence-electron chi connectivity index (χ3n) is 9.84. The molecule has 1 aliphatic carbocycles. The lowest BCUT2D eigenvalue weighted by molar-refractivity contribution is -0.149. The lowest BCUT2D eigenvalue weighted by atomic mass is 9.95. The van der Waals surface area contributed by atoms with Gasteiger partial charge in [0.15, 0.2) is 6.10 Å². The van der Waals surface area contributed by atoms with Gasteiger partial charge in [0.2, 0.25) is 11.8 Å². The Balaban J connectivity index is 1.50. The highest BCUT2D eigenvalue weighted by Gasteiger charge is 2.38. The first kappa shape index (κ1) is 43.5. The van der Waals surface area contributed by atoms with E-state index < -0.39 is 65.8 Å². The third kappa shape index (κ3) is 12.6. The van der Waals surface area contributed by atoms with Gasteiger partial charge in [-0.1, -0.05) is 33.6 Å². The summed E-state index contributed by atoms with van der Waals surface area (Å²) in [7, 11) is 3.49. The van der Waals surface area contributed by atoms with Crippen LogP contribution in [0.15, 0.2) is 17.8 Å². The maximum absolute atomic E-state index is 14.1. The molecule has 2 aromatic heterocycles. The minimum Gasteiger partial charge on any atom is -0.481 e. The highest BCUT2D eigenvalue weighted by atomic mass is 32.1. The molecule has 3 heterocycles. The summed E-state index contributed by atoms with van der Waals surface area (Å²) in [6.45, 7) is 7.84. The van der Waals surface area contributed by atoms with Crippen LogP contribution in [0, 0.1) is 17.8 Å². The van der Waals surface area contributed by atoms with Gasteiger partial charge < -0.3 is 30.1 Å². The molecule has 1 unspecified atom stereocenters. The van der Waals surface area contributed by atoms with E-state index in [2.05, 4.69) is 25.6 Å². The molecule has 0 bridgehead atoms.